The third kappa shape index (κ3) is 2.85. The Morgan fingerprint density at radius 2 is 1.76 bits per heavy atom. The lowest BCUT2D eigenvalue weighted by Crippen LogP contribution is -2.40. The second-order valence-electron chi connectivity index (χ2n) is 5.35. The molecule has 21 heavy (non-hydrogen) atoms. The van der Waals surface area contributed by atoms with Gasteiger partial charge in [0.25, 0.3) is 5.91 Å². The Morgan fingerprint density at radius 3 is 2.43 bits per heavy atom. The molecule has 0 saturated carbocycles. The van der Waals surface area contributed by atoms with Crippen molar-refractivity contribution >= 4 is 5.91 Å². The Kier molecular flexibility index (Phi) is 3.80. The Bertz CT molecular complexity index is 637. The van der Waals surface area contributed by atoms with Crippen LogP contribution < -0.4 is 0 Å². The van der Waals surface area contributed by atoms with Gasteiger partial charge in [-0.05, 0) is 19.9 Å². The lowest BCUT2D eigenvalue weighted by atomic mass is 10.1. The van der Waals surface area contributed by atoms with Gasteiger partial charge < -0.3 is 14.1 Å². The van der Waals surface area contributed by atoms with Crippen LogP contribution in [0, 0.1) is 13.8 Å². The van der Waals surface area contributed by atoms with E-state index < -0.39 is 0 Å². The number of benzene rings is 1. The van der Waals surface area contributed by atoms with Crippen molar-refractivity contribution in [2.24, 2.45) is 0 Å². The van der Waals surface area contributed by atoms with Crippen molar-refractivity contribution in [3.63, 3.8) is 0 Å². The lowest BCUT2D eigenvalue weighted by molar-refractivity contribution is 0.0301. The Balaban J connectivity index is 1.87. The second kappa shape index (κ2) is 5.74. The van der Waals surface area contributed by atoms with Gasteiger partial charge in [0, 0.05) is 18.7 Å². The summed E-state index contributed by atoms with van der Waals surface area (Å²) in [5.41, 5.74) is 2.84. The molecule has 2 heterocycles. The van der Waals surface area contributed by atoms with Crippen LogP contribution in [0.15, 0.2) is 34.7 Å². The molecule has 0 bridgehead atoms. The predicted octanol–water partition coefficient (Wildman–Crippen LogP) is 3.04. The summed E-state index contributed by atoms with van der Waals surface area (Å²) in [6.45, 7) is 6.38. The monoisotopic (exact) mass is 285 g/mol. The standard InChI is InChI=1S/C17H19NO3/c1-12-3-5-14(6-4-12)16-11-15(13(2)21-16)17(19)18-7-9-20-10-8-18/h3-6,11H,7-10H2,1-2H3. The van der Waals surface area contributed by atoms with Gasteiger partial charge in [0.15, 0.2) is 0 Å². The first-order valence-corrected chi connectivity index (χ1v) is 7.19. The molecule has 1 aliphatic heterocycles. The fourth-order valence-corrected chi connectivity index (χ4v) is 2.49. The van der Waals surface area contributed by atoms with Gasteiger partial charge >= 0.3 is 0 Å². The number of furan rings is 1. The average molecular weight is 285 g/mol. The maximum Gasteiger partial charge on any atom is 0.257 e. The van der Waals surface area contributed by atoms with Crippen molar-refractivity contribution in [3.05, 3.63) is 47.2 Å². The molecule has 1 aromatic carbocycles. The van der Waals surface area contributed by atoms with E-state index in [-0.39, 0.29) is 5.91 Å². The van der Waals surface area contributed by atoms with Crippen LogP contribution >= 0.6 is 0 Å². The van der Waals surface area contributed by atoms with Gasteiger partial charge in [-0.15, -0.1) is 0 Å². The van der Waals surface area contributed by atoms with Crippen LogP contribution in [0.1, 0.15) is 21.7 Å². The van der Waals surface area contributed by atoms with Crippen molar-refractivity contribution in [2.45, 2.75) is 13.8 Å². The molecule has 0 radical (unpaired) electrons. The minimum atomic E-state index is 0.0258. The topological polar surface area (TPSA) is 42.7 Å². The van der Waals surface area contributed by atoms with E-state index >= 15 is 0 Å². The summed E-state index contributed by atoms with van der Waals surface area (Å²) in [6.07, 6.45) is 0. The molecule has 0 atom stereocenters. The first-order valence-electron chi connectivity index (χ1n) is 7.19. The fourth-order valence-electron chi connectivity index (χ4n) is 2.49. The van der Waals surface area contributed by atoms with Crippen molar-refractivity contribution in [3.8, 4) is 11.3 Å². The van der Waals surface area contributed by atoms with Gasteiger partial charge in [-0.3, -0.25) is 4.79 Å². The highest BCUT2D eigenvalue weighted by Gasteiger charge is 2.23. The first kappa shape index (κ1) is 13.9. The van der Waals surface area contributed by atoms with E-state index in [1.165, 1.54) is 5.56 Å². The Labute approximate surface area is 124 Å². The number of carbonyl (C=O) groups is 1. The number of carbonyl (C=O) groups excluding carboxylic acids is 1. The van der Waals surface area contributed by atoms with E-state index in [4.69, 9.17) is 9.15 Å². The predicted molar refractivity (Wildman–Crippen MR) is 80.3 cm³/mol. The number of nitrogens with zero attached hydrogens (tertiary/aromatic N) is 1. The number of amides is 1. The molecule has 2 aromatic rings. The zero-order chi connectivity index (χ0) is 14.8. The van der Waals surface area contributed by atoms with Crippen molar-refractivity contribution in [2.75, 3.05) is 26.3 Å². The third-order valence-corrected chi connectivity index (χ3v) is 3.78. The fraction of sp³-hybridized carbons (Fsp3) is 0.353. The summed E-state index contributed by atoms with van der Waals surface area (Å²) in [7, 11) is 0. The number of morpholine rings is 1. The molecule has 0 spiro atoms. The molecule has 1 aliphatic rings. The third-order valence-electron chi connectivity index (χ3n) is 3.78. The van der Waals surface area contributed by atoms with Crippen LogP contribution in [-0.4, -0.2) is 37.1 Å². The molecule has 4 heteroatoms. The van der Waals surface area contributed by atoms with E-state index in [0.717, 1.165) is 11.3 Å². The molecule has 3 rings (SSSR count). The van der Waals surface area contributed by atoms with Gasteiger partial charge in [0.1, 0.15) is 11.5 Å². The highest BCUT2D eigenvalue weighted by molar-refractivity contribution is 5.96. The average Bonchev–Trinajstić information content (AvgIpc) is 2.90. The van der Waals surface area contributed by atoms with Crippen LogP contribution in [0.25, 0.3) is 11.3 Å². The number of rotatable bonds is 2. The van der Waals surface area contributed by atoms with Crippen LogP contribution in [0.5, 0.6) is 0 Å². The summed E-state index contributed by atoms with van der Waals surface area (Å²) in [4.78, 5) is 14.3. The van der Waals surface area contributed by atoms with Gasteiger partial charge in [-0.1, -0.05) is 29.8 Å². The number of ether oxygens (including phenoxy) is 1. The summed E-state index contributed by atoms with van der Waals surface area (Å²) in [6, 6.07) is 9.94. The molecule has 110 valence electrons. The van der Waals surface area contributed by atoms with E-state index in [2.05, 4.69) is 0 Å². The zero-order valence-corrected chi connectivity index (χ0v) is 12.4. The second-order valence-corrected chi connectivity index (χ2v) is 5.35. The molecule has 1 aromatic heterocycles. The molecular weight excluding hydrogens is 266 g/mol. The van der Waals surface area contributed by atoms with Gasteiger partial charge in [-0.25, -0.2) is 0 Å². The zero-order valence-electron chi connectivity index (χ0n) is 12.4. The SMILES string of the molecule is Cc1ccc(-c2cc(C(=O)N3CCOCC3)c(C)o2)cc1. The van der Waals surface area contributed by atoms with Crippen molar-refractivity contribution in [1.29, 1.82) is 0 Å². The minimum Gasteiger partial charge on any atom is -0.461 e. The highest BCUT2D eigenvalue weighted by Crippen LogP contribution is 2.26. The van der Waals surface area contributed by atoms with Crippen LogP contribution in [-0.2, 0) is 4.74 Å². The molecular formula is C17H19NO3. The highest BCUT2D eigenvalue weighted by atomic mass is 16.5. The molecule has 1 saturated heterocycles. The van der Waals surface area contributed by atoms with Gasteiger partial charge in [0.2, 0.25) is 0 Å². The van der Waals surface area contributed by atoms with Crippen molar-refractivity contribution in [1.82, 2.24) is 4.90 Å². The molecule has 4 nitrogen and oxygen atoms in total. The molecule has 1 fully saturated rings. The quantitative estimate of drug-likeness (QED) is 0.851. The summed E-state index contributed by atoms with van der Waals surface area (Å²) in [5.74, 6) is 1.43. The number of hydrogen-bond acceptors (Lipinski definition) is 3. The normalized spacial score (nSPS) is 15.2. The maximum atomic E-state index is 12.5. The van der Waals surface area contributed by atoms with E-state index in [9.17, 15) is 4.79 Å². The maximum absolute atomic E-state index is 12.5. The number of hydrogen-bond donors (Lipinski definition) is 0. The molecule has 1 amide bonds. The largest absolute Gasteiger partial charge is 0.461 e. The smallest absolute Gasteiger partial charge is 0.257 e. The van der Waals surface area contributed by atoms with Gasteiger partial charge in [0.05, 0.1) is 18.8 Å². The van der Waals surface area contributed by atoms with E-state index in [0.29, 0.717) is 37.6 Å². The Morgan fingerprint density at radius 1 is 1.10 bits per heavy atom. The minimum absolute atomic E-state index is 0.0258. The van der Waals surface area contributed by atoms with Crippen LogP contribution in [0.3, 0.4) is 0 Å². The van der Waals surface area contributed by atoms with E-state index in [1.54, 1.807) is 0 Å². The summed E-state index contributed by atoms with van der Waals surface area (Å²) < 4.78 is 11.1. The van der Waals surface area contributed by atoms with Crippen LogP contribution in [0.4, 0.5) is 0 Å². The van der Waals surface area contributed by atoms with E-state index in [1.807, 2.05) is 49.1 Å². The molecule has 0 aliphatic carbocycles. The molecule has 0 N–H and O–H groups in total. The summed E-state index contributed by atoms with van der Waals surface area (Å²) >= 11 is 0. The number of aryl methyl sites for hydroxylation is 2. The summed E-state index contributed by atoms with van der Waals surface area (Å²) in [5, 5.41) is 0. The Hall–Kier alpha value is -2.07. The lowest BCUT2D eigenvalue weighted by Gasteiger charge is -2.26. The first-order chi connectivity index (χ1) is 10.1. The molecule has 0 unspecified atom stereocenters. The van der Waals surface area contributed by atoms with Crippen LogP contribution in [0.2, 0.25) is 0 Å². The van der Waals surface area contributed by atoms with Gasteiger partial charge in [-0.2, -0.15) is 0 Å². The van der Waals surface area contributed by atoms with Crippen molar-refractivity contribution < 1.29 is 13.9 Å².